The van der Waals surface area contributed by atoms with Crippen LogP contribution >= 0.6 is 34.9 Å². The molecule has 1 heterocycles. The maximum absolute atomic E-state index is 10.6. The van der Waals surface area contributed by atoms with E-state index in [1.54, 1.807) is 34.9 Å². The van der Waals surface area contributed by atoms with Crippen molar-refractivity contribution in [3.63, 3.8) is 0 Å². The molecule has 1 aromatic heterocycles. The minimum Gasteiger partial charge on any atom is -0.465 e. The molecule has 0 atom stereocenters. The van der Waals surface area contributed by atoms with Crippen LogP contribution in [0.2, 0.25) is 0 Å². The summed E-state index contributed by atoms with van der Waals surface area (Å²) < 4.78 is 1.15. The van der Waals surface area contributed by atoms with E-state index in [2.05, 4.69) is 54.0 Å². The van der Waals surface area contributed by atoms with Gasteiger partial charge in [-0.05, 0) is 41.6 Å². The second-order valence-electron chi connectivity index (χ2n) is 5.21. The van der Waals surface area contributed by atoms with Crippen molar-refractivity contribution >= 4 is 41.0 Å². The lowest BCUT2D eigenvalue weighted by Gasteiger charge is -2.09. The Morgan fingerprint density at radius 1 is 1.12 bits per heavy atom. The van der Waals surface area contributed by atoms with Crippen molar-refractivity contribution in [2.24, 2.45) is 0 Å². The van der Waals surface area contributed by atoms with Gasteiger partial charge in [0.1, 0.15) is 0 Å². The Morgan fingerprint density at radius 3 is 2.64 bits per heavy atom. The molecule has 0 fully saturated rings. The second kappa shape index (κ2) is 8.47. The van der Waals surface area contributed by atoms with Crippen molar-refractivity contribution in [2.45, 2.75) is 20.5 Å². The molecule has 0 aliphatic rings. The highest BCUT2D eigenvalue weighted by Gasteiger charge is 2.08. The SMILES string of the molecule is CSc1cc(Sc2ccc(CNC(=O)O)s2)ccc1-c1ccccc1. The van der Waals surface area contributed by atoms with Crippen molar-refractivity contribution in [1.82, 2.24) is 5.32 Å². The minimum atomic E-state index is -0.997. The van der Waals surface area contributed by atoms with E-state index in [0.717, 1.165) is 9.09 Å². The number of carboxylic acid groups (broad SMARTS) is 1. The molecule has 0 saturated heterocycles. The average molecular weight is 388 g/mol. The summed E-state index contributed by atoms with van der Waals surface area (Å²) >= 11 is 5.07. The summed E-state index contributed by atoms with van der Waals surface area (Å²) in [7, 11) is 0. The minimum absolute atomic E-state index is 0.351. The van der Waals surface area contributed by atoms with Gasteiger partial charge in [-0.25, -0.2) is 4.79 Å². The maximum atomic E-state index is 10.6. The molecule has 0 saturated carbocycles. The number of rotatable bonds is 6. The van der Waals surface area contributed by atoms with E-state index in [1.807, 2.05) is 18.2 Å². The zero-order chi connectivity index (χ0) is 17.6. The molecule has 0 bridgehead atoms. The molecule has 0 radical (unpaired) electrons. The third-order valence-corrected chi connectivity index (χ3v) is 6.51. The lowest BCUT2D eigenvalue weighted by Crippen LogP contribution is -2.19. The highest BCUT2D eigenvalue weighted by Crippen LogP contribution is 2.38. The smallest absolute Gasteiger partial charge is 0.404 e. The number of hydrogen-bond donors (Lipinski definition) is 2. The predicted molar refractivity (Wildman–Crippen MR) is 107 cm³/mol. The zero-order valence-corrected chi connectivity index (χ0v) is 16.0. The van der Waals surface area contributed by atoms with E-state index in [4.69, 9.17) is 5.11 Å². The highest BCUT2D eigenvalue weighted by atomic mass is 32.2. The Labute approximate surface area is 159 Å². The molecule has 128 valence electrons. The van der Waals surface area contributed by atoms with Gasteiger partial charge in [0.05, 0.1) is 10.8 Å². The Balaban J connectivity index is 1.76. The molecular weight excluding hydrogens is 370 g/mol. The number of nitrogens with one attached hydrogen (secondary N) is 1. The first-order chi connectivity index (χ1) is 12.2. The molecular formula is C19H17NO2S3. The topological polar surface area (TPSA) is 49.3 Å². The summed E-state index contributed by atoms with van der Waals surface area (Å²) in [6.45, 7) is 0.351. The number of carbonyl (C=O) groups is 1. The summed E-state index contributed by atoms with van der Waals surface area (Å²) in [5.41, 5.74) is 2.47. The van der Waals surface area contributed by atoms with Crippen LogP contribution in [0.15, 0.2) is 74.7 Å². The maximum Gasteiger partial charge on any atom is 0.404 e. The third-order valence-electron chi connectivity index (χ3n) is 3.53. The van der Waals surface area contributed by atoms with Gasteiger partial charge >= 0.3 is 6.09 Å². The summed E-state index contributed by atoms with van der Waals surface area (Å²) in [6, 6.07) is 20.9. The summed E-state index contributed by atoms with van der Waals surface area (Å²) in [6.07, 6.45) is 1.10. The van der Waals surface area contributed by atoms with Crippen LogP contribution in [-0.4, -0.2) is 17.5 Å². The van der Waals surface area contributed by atoms with Crippen LogP contribution < -0.4 is 5.32 Å². The van der Waals surface area contributed by atoms with Gasteiger partial charge < -0.3 is 10.4 Å². The van der Waals surface area contributed by atoms with E-state index >= 15 is 0 Å². The van der Waals surface area contributed by atoms with Crippen LogP contribution in [0.5, 0.6) is 0 Å². The molecule has 0 aliphatic carbocycles. The van der Waals surface area contributed by atoms with E-state index in [0.29, 0.717) is 6.54 Å². The largest absolute Gasteiger partial charge is 0.465 e. The van der Waals surface area contributed by atoms with Crippen molar-refractivity contribution < 1.29 is 9.90 Å². The Hall–Kier alpha value is -1.89. The molecule has 3 aromatic rings. The fourth-order valence-corrected chi connectivity index (χ4v) is 5.24. The van der Waals surface area contributed by atoms with Gasteiger partial charge in [0.2, 0.25) is 0 Å². The molecule has 3 rings (SSSR count). The Morgan fingerprint density at radius 2 is 1.92 bits per heavy atom. The normalized spacial score (nSPS) is 10.6. The first kappa shape index (κ1) is 17.9. The summed E-state index contributed by atoms with van der Waals surface area (Å²) in [5, 5.41) is 11.1. The zero-order valence-electron chi connectivity index (χ0n) is 13.6. The van der Waals surface area contributed by atoms with Gasteiger partial charge in [-0.1, -0.05) is 48.2 Å². The molecule has 0 spiro atoms. The van der Waals surface area contributed by atoms with Crippen LogP contribution in [0.1, 0.15) is 4.88 Å². The number of hydrogen-bond acceptors (Lipinski definition) is 4. The fourth-order valence-electron chi connectivity index (χ4n) is 2.38. The number of thioether (sulfide) groups is 1. The predicted octanol–water partition coefficient (Wildman–Crippen LogP) is 6.06. The highest BCUT2D eigenvalue weighted by molar-refractivity contribution is 8.01. The number of thiophene rings is 1. The van der Waals surface area contributed by atoms with Crippen LogP contribution in [0, 0.1) is 0 Å². The molecule has 6 heteroatoms. The van der Waals surface area contributed by atoms with Gasteiger partial charge in [-0.2, -0.15) is 0 Å². The van der Waals surface area contributed by atoms with Crippen LogP contribution in [0.4, 0.5) is 4.79 Å². The van der Waals surface area contributed by atoms with Crippen molar-refractivity contribution in [1.29, 1.82) is 0 Å². The van der Waals surface area contributed by atoms with Gasteiger partial charge in [0, 0.05) is 14.7 Å². The van der Waals surface area contributed by atoms with E-state index in [9.17, 15) is 4.79 Å². The lowest BCUT2D eigenvalue weighted by atomic mass is 10.1. The lowest BCUT2D eigenvalue weighted by molar-refractivity contribution is 0.194. The fraction of sp³-hybridized carbons (Fsp3) is 0.105. The molecule has 3 nitrogen and oxygen atoms in total. The van der Waals surface area contributed by atoms with Gasteiger partial charge in [-0.3, -0.25) is 0 Å². The third kappa shape index (κ3) is 4.81. The first-order valence-corrected chi connectivity index (χ1v) is 10.5. The van der Waals surface area contributed by atoms with Crippen molar-refractivity contribution in [3.8, 4) is 11.1 Å². The summed E-state index contributed by atoms with van der Waals surface area (Å²) in [4.78, 5) is 14.0. The van der Waals surface area contributed by atoms with Gasteiger partial charge in [-0.15, -0.1) is 23.1 Å². The Kier molecular flexibility index (Phi) is 6.07. The van der Waals surface area contributed by atoms with Crippen LogP contribution in [0.3, 0.4) is 0 Å². The first-order valence-electron chi connectivity index (χ1n) is 7.62. The average Bonchev–Trinajstić information content (AvgIpc) is 3.08. The standard InChI is InChI=1S/C19H17NO2S3/c1-23-17-11-14(7-9-16(17)13-5-3-2-4-6-13)24-18-10-8-15(25-18)12-20-19(21)22/h2-11,20H,12H2,1H3,(H,21,22). The molecule has 2 N–H and O–H groups in total. The van der Waals surface area contributed by atoms with Crippen molar-refractivity contribution in [3.05, 3.63) is 65.5 Å². The molecule has 0 unspecified atom stereocenters. The van der Waals surface area contributed by atoms with Gasteiger partial charge in [0.25, 0.3) is 0 Å². The molecule has 25 heavy (non-hydrogen) atoms. The van der Waals surface area contributed by atoms with Gasteiger partial charge in [0.15, 0.2) is 0 Å². The van der Waals surface area contributed by atoms with E-state index in [1.165, 1.54) is 20.9 Å². The number of amides is 1. The summed E-state index contributed by atoms with van der Waals surface area (Å²) in [5.74, 6) is 0. The quantitative estimate of drug-likeness (QED) is 0.505. The molecule has 1 amide bonds. The molecule has 2 aromatic carbocycles. The van der Waals surface area contributed by atoms with E-state index < -0.39 is 6.09 Å². The van der Waals surface area contributed by atoms with E-state index in [-0.39, 0.29) is 0 Å². The molecule has 0 aliphatic heterocycles. The van der Waals surface area contributed by atoms with Crippen LogP contribution in [-0.2, 0) is 6.54 Å². The number of benzene rings is 2. The van der Waals surface area contributed by atoms with Crippen LogP contribution in [0.25, 0.3) is 11.1 Å². The van der Waals surface area contributed by atoms with Crippen molar-refractivity contribution in [2.75, 3.05) is 6.26 Å². The monoisotopic (exact) mass is 387 g/mol. The Bertz CT molecular complexity index is 862. The second-order valence-corrected chi connectivity index (χ2v) is 8.60.